The van der Waals surface area contributed by atoms with E-state index in [1.807, 2.05) is 53.4 Å². The topological polar surface area (TPSA) is 67.2 Å². The van der Waals surface area contributed by atoms with Crippen molar-refractivity contribution in [2.45, 2.75) is 37.8 Å². The number of halogens is 1. The minimum atomic E-state index is -0.543. The molecule has 1 saturated heterocycles. The molecule has 3 aliphatic rings. The van der Waals surface area contributed by atoms with Gasteiger partial charge in [-0.3, -0.25) is 9.59 Å². The molecule has 0 radical (unpaired) electrons. The predicted molar refractivity (Wildman–Crippen MR) is 134 cm³/mol. The van der Waals surface area contributed by atoms with Crippen LogP contribution in [0.15, 0.2) is 79.0 Å². The Morgan fingerprint density at radius 3 is 2.39 bits per heavy atom. The van der Waals surface area contributed by atoms with Crippen molar-refractivity contribution >= 4 is 28.4 Å². The fourth-order valence-corrected chi connectivity index (χ4v) is 5.67. The highest BCUT2D eigenvalue weighted by Crippen LogP contribution is 2.60. The lowest BCUT2D eigenvalue weighted by molar-refractivity contribution is -0.124. The van der Waals surface area contributed by atoms with Crippen LogP contribution in [0.5, 0.6) is 0 Å². The Bertz CT molecular complexity index is 1490. The fraction of sp³-hybridized carbons (Fsp3) is 0.276. The number of benzene rings is 3. The molecule has 3 fully saturated rings. The maximum atomic E-state index is 14.0. The van der Waals surface area contributed by atoms with Crippen molar-refractivity contribution in [1.29, 1.82) is 0 Å². The van der Waals surface area contributed by atoms with E-state index in [9.17, 15) is 14.0 Å². The van der Waals surface area contributed by atoms with E-state index in [1.165, 1.54) is 12.1 Å². The number of nitrogens with one attached hydrogen (secondary N) is 1. The van der Waals surface area contributed by atoms with Crippen LogP contribution in [0, 0.1) is 17.2 Å². The third-order valence-corrected chi connectivity index (χ3v) is 7.91. The summed E-state index contributed by atoms with van der Waals surface area (Å²) in [4.78, 5) is 28.7. The van der Waals surface area contributed by atoms with E-state index in [4.69, 9.17) is 0 Å². The number of rotatable bonds is 5. The summed E-state index contributed by atoms with van der Waals surface area (Å²) in [6.07, 6.45) is 5.18. The number of fused-ring (bicyclic) bond motifs is 1. The minimum absolute atomic E-state index is 0.0675. The molecular weight excluding hydrogens is 455 g/mol. The highest BCUT2D eigenvalue weighted by atomic mass is 19.1. The molecule has 1 N–H and O–H groups in total. The molecule has 1 unspecified atom stereocenters. The molecule has 180 valence electrons. The van der Waals surface area contributed by atoms with Crippen LogP contribution in [0.2, 0.25) is 0 Å². The first-order valence-electron chi connectivity index (χ1n) is 12.5. The number of carbonyl (C=O) groups excluding carboxylic acids is 2. The van der Waals surface area contributed by atoms with Crippen LogP contribution in [-0.2, 0) is 9.59 Å². The molecule has 2 atom stereocenters. The number of nitrogens with zero attached hydrogens (tertiary/aromatic N) is 3. The van der Waals surface area contributed by atoms with Gasteiger partial charge in [0.05, 0.1) is 34.9 Å². The van der Waals surface area contributed by atoms with Crippen LogP contribution in [0.3, 0.4) is 0 Å². The second-order valence-corrected chi connectivity index (χ2v) is 10.2. The van der Waals surface area contributed by atoms with E-state index < -0.39 is 5.41 Å². The molecule has 6 nitrogen and oxygen atoms in total. The first-order valence-corrected chi connectivity index (χ1v) is 12.5. The number of amides is 2. The van der Waals surface area contributed by atoms with E-state index in [-0.39, 0.29) is 35.6 Å². The zero-order valence-electron chi connectivity index (χ0n) is 19.6. The molecule has 2 saturated carbocycles. The van der Waals surface area contributed by atoms with E-state index in [0.717, 1.165) is 53.5 Å². The average molecular weight is 481 g/mol. The number of hydrogen-bond donors (Lipinski definition) is 1. The summed E-state index contributed by atoms with van der Waals surface area (Å²) in [5, 5.41) is 8.69. The molecule has 2 heterocycles. The third kappa shape index (κ3) is 3.26. The van der Waals surface area contributed by atoms with Crippen LogP contribution in [0.4, 0.5) is 10.1 Å². The average Bonchev–Trinajstić information content (AvgIpc) is 3.82. The summed E-state index contributed by atoms with van der Waals surface area (Å²) in [6.45, 7) is 0. The monoisotopic (exact) mass is 480 g/mol. The molecule has 1 aliphatic heterocycles. The molecule has 4 aromatic rings. The summed E-state index contributed by atoms with van der Waals surface area (Å²) < 4.78 is 15.2. The third-order valence-electron chi connectivity index (χ3n) is 7.91. The van der Waals surface area contributed by atoms with Gasteiger partial charge in [0.25, 0.3) is 0 Å². The molecule has 2 amide bonds. The number of aromatic nitrogens is 2. The van der Waals surface area contributed by atoms with Crippen molar-refractivity contribution in [2.75, 3.05) is 4.90 Å². The van der Waals surface area contributed by atoms with Crippen LogP contribution >= 0.6 is 0 Å². The molecule has 1 spiro atoms. The van der Waals surface area contributed by atoms with Gasteiger partial charge in [-0.15, -0.1) is 0 Å². The van der Waals surface area contributed by atoms with Gasteiger partial charge in [0.1, 0.15) is 5.82 Å². The van der Waals surface area contributed by atoms with Crippen molar-refractivity contribution in [3.63, 3.8) is 0 Å². The first-order chi connectivity index (χ1) is 17.5. The molecule has 0 bridgehead atoms. The van der Waals surface area contributed by atoms with Gasteiger partial charge in [-0.1, -0.05) is 30.3 Å². The number of carbonyl (C=O) groups is 2. The van der Waals surface area contributed by atoms with Crippen LogP contribution < -0.4 is 10.2 Å². The number of anilines is 1. The summed E-state index contributed by atoms with van der Waals surface area (Å²) in [5.41, 5.74) is 2.89. The molecule has 1 aromatic heterocycles. The lowest BCUT2D eigenvalue weighted by atomic mass is 9.91. The molecule has 2 aliphatic carbocycles. The molecule has 3 aromatic carbocycles. The van der Waals surface area contributed by atoms with Gasteiger partial charge in [-0.05, 0) is 73.7 Å². The summed E-state index contributed by atoms with van der Waals surface area (Å²) >= 11 is 0. The van der Waals surface area contributed by atoms with Crippen molar-refractivity contribution < 1.29 is 14.0 Å². The second-order valence-electron chi connectivity index (χ2n) is 10.2. The van der Waals surface area contributed by atoms with Gasteiger partial charge in [-0.25, -0.2) is 9.07 Å². The van der Waals surface area contributed by atoms with E-state index >= 15 is 0 Å². The van der Waals surface area contributed by atoms with Gasteiger partial charge in [0, 0.05) is 17.0 Å². The zero-order valence-corrected chi connectivity index (χ0v) is 19.6. The highest BCUT2D eigenvalue weighted by molar-refractivity contribution is 6.05. The predicted octanol–water partition coefficient (Wildman–Crippen LogP) is 4.93. The van der Waals surface area contributed by atoms with Crippen molar-refractivity contribution in [2.24, 2.45) is 11.3 Å². The second kappa shape index (κ2) is 7.75. The quantitative estimate of drug-likeness (QED) is 0.441. The van der Waals surface area contributed by atoms with E-state index in [2.05, 4.69) is 10.4 Å². The Labute approximate surface area is 207 Å². The summed E-state index contributed by atoms with van der Waals surface area (Å²) in [7, 11) is 0. The molecule has 36 heavy (non-hydrogen) atoms. The summed E-state index contributed by atoms with van der Waals surface area (Å²) in [6, 6.07) is 21.5. The van der Waals surface area contributed by atoms with Gasteiger partial charge in [-0.2, -0.15) is 5.10 Å². The Kier molecular flexibility index (Phi) is 4.58. The van der Waals surface area contributed by atoms with Crippen LogP contribution in [0.1, 0.15) is 37.3 Å². The lowest BCUT2D eigenvalue weighted by Gasteiger charge is -2.29. The van der Waals surface area contributed by atoms with Gasteiger partial charge in [0.15, 0.2) is 0 Å². The number of hydrogen-bond acceptors (Lipinski definition) is 3. The molecular formula is C29H25FN4O2. The molecule has 7 heteroatoms. The minimum Gasteiger partial charge on any atom is -0.350 e. The Morgan fingerprint density at radius 2 is 1.69 bits per heavy atom. The largest absolute Gasteiger partial charge is 0.350 e. The molecule has 7 rings (SSSR count). The first kappa shape index (κ1) is 21.3. The standard InChI is InChI=1S/C29H25FN4O2/c30-21-8-10-22(11-9-21)34-24-13-12-23(16-20(24)17-31-34)33-25(18-4-2-1-3-5-18)26(29(14-15-29)28(33)36)32-27(35)19-6-7-19/h1-5,8-13,16-17,19,25-26H,6-7,14-15H2,(H,32,35)/t25-,26?/m1/s1. The van der Waals surface area contributed by atoms with Gasteiger partial charge >= 0.3 is 0 Å². The Morgan fingerprint density at radius 1 is 0.972 bits per heavy atom. The van der Waals surface area contributed by atoms with E-state index in [0.29, 0.717) is 0 Å². The Balaban J connectivity index is 1.31. The zero-order chi connectivity index (χ0) is 24.4. The Hall–Kier alpha value is -4.00. The smallest absolute Gasteiger partial charge is 0.236 e. The maximum absolute atomic E-state index is 14.0. The summed E-state index contributed by atoms with van der Waals surface area (Å²) in [5.74, 6) is -0.0787. The van der Waals surface area contributed by atoms with E-state index in [1.54, 1.807) is 23.0 Å². The van der Waals surface area contributed by atoms with Crippen molar-refractivity contribution in [3.8, 4) is 5.69 Å². The SMILES string of the molecule is O=C(NC1[C@@H](c2ccccc2)N(c2ccc3c(cnn3-c3ccc(F)cc3)c2)C(=O)C12CC2)C1CC1. The highest BCUT2D eigenvalue weighted by Gasteiger charge is 2.67. The van der Waals surface area contributed by atoms with Crippen LogP contribution in [-0.4, -0.2) is 27.6 Å². The van der Waals surface area contributed by atoms with Crippen molar-refractivity contribution in [1.82, 2.24) is 15.1 Å². The maximum Gasteiger partial charge on any atom is 0.236 e. The van der Waals surface area contributed by atoms with Gasteiger partial charge in [0.2, 0.25) is 11.8 Å². The fourth-order valence-electron chi connectivity index (χ4n) is 5.67. The van der Waals surface area contributed by atoms with Crippen LogP contribution in [0.25, 0.3) is 16.6 Å². The normalized spacial score (nSPS) is 22.4. The van der Waals surface area contributed by atoms with Gasteiger partial charge < -0.3 is 10.2 Å². The van der Waals surface area contributed by atoms with Crippen molar-refractivity contribution in [3.05, 3.63) is 90.4 Å². The lowest BCUT2D eigenvalue weighted by Crippen LogP contribution is -2.44.